The second-order valence-corrected chi connectivity index (χ2v) is 5.68. The van der Waals surface area contributed by atoms with Gasteiger partial charge in [0.05, 0.1) is 6.42 Å². The Morgan fingerprint density at radius 1 is 1.04 bits per heavy atom. The Balaban J connectivity index is 2.02. The van der Waals surface area contributed by atoms with Crippen LogP contribution < -0.4 is 5.32 Å². The maximum Gasteiger partial charge on any atom is 0.326 e. The van der Waals surface area contributed by atoms with Crippen molar-refractivity contribution < 1.29 is 23.5 Å². The molecule has 0 aromatic heterocycles. The smallest absolute Gasteiger partial charge is 0.326 e. The molecule has 0 spiro atoms. The van der Waals surface area contributed by atoms with Crippen molar-refractivity contribution in [2.45, 2.75) is 18.9 Å². The van der Waals surface area contributed by atoms with Crippen molar-refractivity contribution in [2.75, 3.05) is 0 Å². The van der Waals surface area contributed by atoms with Crippen LogP contribution in [0.3, 0.4) is 0 Å². The zero-order valence-electron chi connectivity index (χ0n) is 12.4. The monoisotopic (exact) mass is 353 g/mol. The summed E-state index contributed by atoms with van der Waals surface area (Å²) in [6.45, 7) is 0. The average Bonchev–Trinajstić information content (AvgIpc) is 2.47. The van der Waals surface area contributed by atoms with Crippen LogP contribution in [0.25, 0.3) is 0 Å². The number of carbonyl (C=O) groups excluding carboxylic acids is 1. The molecule has 126 valence electrons. The van der Waals surface area contributed by atoms with Crippen LogP contribution in [0.5, 0.6) is 0 Å². The average molecular weight is 354 g/mol. The maximum atomic E-state index is 13.1. The summed E-state index contributed by atoms with van der Waals surface area (Å²) in [7, 11) is 0. The largest absolute Gasteiger partial charge is 0.480 e. The first kappa shape index (κ1) is 17.9. The fourth-order valence-corrected chi connectivity index (χ4v) is 2.33. The lowest BCUT2D eigenvalue weighted by Crippen LogP contribution is -2.43. The zero-order valence-corrected chi connectivity index (χ0v) is 13.2. The van der Waals surface area contributed by atoms with Crippen LogP contribution in [0.15, 0.2) is 42.5 Å². The first-order valence-electron chi connectivity index (χ1n) is 7.05. The molecule has 0 radical (unpaired) electrons. The normalized spacial score (nSPS) is 11.8. The van der Waals surface area contributed by atoms with Crippen molar-refractivity contribution >= 4 is 23.5 Å². The van der Waals surface area contributed by atoms with Crippen LogP contribution in [0, 0.1) is 11.6 Å². The SMILES string of the molecule is O=C(Cc1cc(F)cc(F)c1)N[C@@H](Cc1ccc(Cl)cc1)C(=O)O. The molecule has 2 rings (SSSR count). The fraction of sp³-hybridized carbons (Fsp3) is 0.176. The number of carbonyl (C=O) groups is 2. The van der Waals surface area contributed by atoms with Crippen molar-refractivity contribution in [3.63, 3.8) is 0 Å². The van der Waals surface area contributed by atoms with Gasteiger partial charge >= 0.3 is 5.97 Å². The molecule has 7 heteroatoms. The summed E-state index contributed by atoms with van der Waals surface area (Å²) in [5.41, 5.74) is 0.810. The molecule has 2 aromatic rings. The molecule has 0 saturated heterocycles. The number of carboxylic acids is 1. The minimum atomic E-state index is -1.20. The number of aliphatic carboxylic acids is 1. The summed E-state index contributed by atoms with van der Waals surface area (Å²) in [5.74, 6) is -3.44. The third kappa shape index (κ3) is 5.31. The van der Waals surface area contributed by atoms with Gasteiger partial charge in [0, 0.05) is 17.5 Å². The Morgan fingerprint density at radius 2 is 1.62 bits per heavy atom. The number of hydrogen-bond donors (Lipinski definition) is 2. The summed E-state index contributed by atoms with van der Waals surface area (Å²) in [6.07, 6.45) is -0.255. The van der Waals surface area contributed by atoms with Gasteiger partial charge in [-0.05, 0) is 35.4 Å². The van der Waals surface area contributed by atoms with E-state index in [1.807, 2.05) is 0 Å². The number of carboxylic acid groups (broad SMARTS) is 1. The quantitative estimate of drug-likeness (QED) is 0.839. The molecule has 1 amide bonds. The minimum absolute atomic E-state index is 0.0652. The fourth-order valence-electron chi connectivity index (χ4n) is 2.20. The van der Waals surface area contributed by atoms with Crippen LogP contribution in [0.1, 0.15) is 11.1 Å². The summed E-state index contributed by atoms with van der Waals surface area (Å²) >= 11 is 5.76. The maximum absolute atomic E-state index is 13.1. The van der Waals surface area contributed by atoms with E-state index >= 15 is 0 Å². The van der Waals surface area contributed by atoms with Gasteiger partial charge in [-0.3, -0.25) is 4.79 Å². The Bertz CT molecular complexity index is 730. The van der Waals surface area contributed by atoms with Crippen molar-refractivity contribution in [1.29, 1.82) is 0 Å². The van der Waals surface area contributed by atoms with Crippen molar-refractivity contribution in [3.8, 4) is 0 Å². The van der Waals surface area contributed by atoms with Gasteiger partial charge in [-0.1, -0.05) is 23.7 Å². The molecule has 0 aliphatic heterocycles. The molecule has 0 aliphatic carbocycles. The van der Waals surface area contributed by atoms with E-state index in [4.69, 9.17) is 11.6 Å². The van der Waals surface area contributed by atoms with Crippen molar-refractivity contribution in [1.82, 2.24) is 5.32 Å². The van der Waals surface area contributed by atoms with E-state index in [1.165, 1.54) is 0 Å². The number of hydrogen-bond acceptors (Lipinski definition) is 2. The number of nitrogens with one attached hydrogen (secondary N) is 1. The standard InChI is InChI=1S/C17H14ClF2NO3/c18-12-3-1-10(2-4-12)7-15(17(23)24)21-16(22)8-11-5-13(19)9-14(20)6-11/h1-6,9,15H,7-8H2,(H,21,22)(H,23,24)/t15-/m0/s1. The predicted octanol–water partition coefficient (Wildman–Crippen LogP) is 2.97. The van der Waals surface area contributed by atoms with Crippen LogP contribution in [0.2, 0.25) is 5.02 Å². The second-order valence-electron chi connectivity index (χ2n) is 5.24. The molecule has 0 aliphatic rings. The molecule has 1 atom stereocenters. The first-order chi connectivity index (χ1) is 11.3. The van der Waals surface area contributed by atoms with E-state index in [0.29, 0.717) is 16.7 Å². The summed E-state index contributed by atoms with van der Waals surface area (Å²) < 4.78 is 26.2. The number of halogens is 3. The number of benzene rings is 2. The third-order valence-corrected chi connectivity index (χ3v) is 3.53. The van der Waals surface area contributed by atoms with E-state index in [9.17, 15) is 23.5 Å². The Kier molecular flexibility index (Phi) is 5.87. The molecule has 2 N–H and O–H groups in total. The Labute approximate surface area is 142 Å². The topological polar surface area (TPSA) is 66.4 Å². The molecule has 0 fully saturated rings. The lowest BCUT2D eigenvalue weighted by molar-refractivity contribution is -0.141. The van der Waals surface area contributed by atoms with E-state index in [2.05, 4.69) is 5.32 Å². The molecular weight excluding hydrogens is 340 g/mol. The highest BCUT2D eigenvalue weighted by Gasteiger charge is 2.20. The van der Waals surface area contributed by atoms with Gasteiger partial charge in [-0.15, -0.1) is 0 Å². The van der Waals surface area contributed by atoms with E-state index in [-0.39, 0.29) is 18.4 Å². The molecule has 0 saturated carbocycles. The zero-order chi connectivity index (χ0) is 17.7. The lowest BCUT2D eigenvalue weighted by atomic mass is 10.1. The molecule has 4 nitrogen and oxygen atoms in total. The Hall–Kier alpha value is -2.47. The highest BCUT2D eigenvalue weighted by Crippen LogP contribution is 2.12. The molecule has 24 heavy (non-hydrogen) atoms. The van der Waals surface area contributed by atoms with Gasteiger partial charge in [-0.2, -0.15) is 0 Å². The second kappa shape index (κ2) is 7.88. The van der Waals surface area contributed by atoms with Gasteiger partial charge in [0.1, 0.15) is 17.7 Å². The third-order valence-electron chi connectivity index (χ3n) is 3.27. The van der Waals surface area contributed by atoms with Crippen LogP contribution in [-0.4, -0.2) is 23.0 Å². The minimum Gasteiger partial charge on any atom is -0.480 e. The number of amides is 1. The summed E-state index contributed by atoms with van der Waals surface area (Å²) in [6, 6.07) is 8.15. The van der Waals surface area contributed by atoms with Crippen LogP contribution >= 0.6 is 11.6 Å². The highest BCUT2D eigenvalue weighted by molar-refractivity contribution is 6.30. The van der Waals surface area contributed by atoms with Gasteiger partial charge in [0.15, 0.2) is 0 Å². The number of rotatable bonds is 6. The van der Waals surface area contributed by atoms with Crippen LogP contribution in [-0.2, 0) is 22.4 Å². The van der Waals surface area contributed by atoms with Crippen LogP contribution in [0.4, 0.5) is 8.78 Å². The van der Waals surface area contributed by atoms with E-state index in [1.54, 1.807) is 24.3 Å². The van der Waals surface area contributed by atoms with E-state index < -0.39 is 29.6 Å². The van der Waals surface area contributed by atoms with Gasteiger partial charge < -0.3 is 10.4 Å². The summed E-state index contributed by atoms with van der Waals surface area (Å²) in [4.78, 5) is 23.3. The van der Waals surface area contributed by atoms with Crippen molar-refractivity contribution in [3.05, 3.63) is 70.2 Å². The molecule has 0 bridgehead atoms. The van der Waals surface area contributed by atoms with Crippen molar-refractivity contribution in [2.24, 2.45) is 0 Å². The molecular formula is C17H14ClF2NO3. The lowest BCUT2D eigenvalue weighted by Gasteiger charge is -2.15. The predicted molar refractivity (Wildman–Crippen MR) is 84.8 cm³/mol. The molecule has 0 heterocycles. The van der Waals surface area contributed by atoms with Gasteiger partial charge in [-0.25, -0.2) is 13.6 Å². The first-order valence-corrected chi connectivity index (χ1v) is 7.43. The van der Waals surface area contributed by atoms with E-state index in [0.717, 1.165) is 12.1 Å². The van der Waals surface area contributed by atoms with Gasteiger partial charge in [0.25, 0.3) is 0 Å². The van der Waals surface area contributed by atoms with Gasteiger partial charge in [0.2, 0.25) is 5.91 Å². The molecule has 2 aromatic carbocycles. The molecule has 0 unspecified atom stereocenters. The Morgan fingerprint density at radius 3 is 2.17 bits per heavy atom. The highest BCUT2D eigenvalue weighted by atomic mass is 35.5. The summed E-state index contributed by atoms with van der Waals surface area (Å²) in [5, 5.41) is 12.1.